The van der Waals surface area contributed by atoms with Gasteiger partial charge in [0.2, 0.25) is 5.95 Å². The van der Waals surface area contributed by atoms with Crippen molar-refractivity contribution in [3.05, 3.63) is 36.2 Å². The van der Waals surface area contributed by atoms with Crippen LogP contribution in [-0.4, -0.2) is 36.2 Å². The van der Waals surface area contributed by atoms with Gasteiger partial charge >= 0.3 is 0 Å². The summed E-state index contributed by atoms with van der Waals surface area (Å²) in [4.78, 5) is 18.5. The summed E-state index contributed by atoms with van der Waals surface area (Å²) in [6.07, 6.45) is 2.84. The van der Waals surface area contributed by atoms with Crippen LogP contribution in [0.25, 0.3) is 0 Å². The molecule has 0 unspecified atom stereocenters. The molecular weight excluding hydrogens is 268 g/mol. The van der Waals surface area contributed by atoms with Crippen LogP contribution < -0.4 is 15.0 Å². The second kappa shape index (κ2) is 5.47. The molecule has 0 saturated heterocycles. The molecule has 0 saturated carbocycles. The molecule has 2 aromatic rings. The fourth-order valence-electron chi connectivity index (χ4n) is 2.47. The smallest absolute Gasteiger partial charge is 0.278 e. The Hall–Kier alpha value is -2.50. The topological polar surface area (TPSA) is 59.4 Å². The average molecular weight is 286 g/mol. The molecule has 2 heterocycles. The highest BCUT2D eigenvalue weighted by molar-refractivity contribution is 6.05. The monoisotopic (exact) mass is 286 g/mol. The number of hydrogen-bond acceptors (Lipinski definition) is 4. The number of amides is 1. The third-order valence-corrected chi connectivity index (χ3v) is 3.61. The summed E-state index contributed by atoms with van der Waals surface area (Å²) in [5.74, 6) is 1.27. The van der Waals surface area contributed by atoms with Crippen LogP contribution in [0.1, 0.15) is 16.9 Å². The van der Waals surface area contributed by atoms with Crippen molar-refractivity contribution in [2.45, 2.75) is 13.0 Å². The number of methoxy groups -OCH3 is 1. The van der Waals surface area contributed by atoms with Gasteiger partial charge in [0.25, 0.3) is 5.91 Å². The fraction of sp³-hybridized carbons (Fsp3) is 0.333. The molecule has 1 aromatic heterocycles. The van der Waals surface area contributed by atoms with E-state index >= 15 is 0 Å². The average Bonchev–Trinajstić information content (AvgIpc) is 2.97. The molecule has 1 N–H and O–H groups in total. The fourth-order valence-corrected chi connectivity index (χ4v) is 2.47. The zero-order chi connectivity index (χ0) is 14.8. The van der Waals surface area contributed by atoms with E-state index in [1.807, 2.05) is 28.8 Å². The Labute approximate surface area is 123 Å². The van der Waals surface area contributed by atoms with Crippen molar-refractivity contribution in [1.82, 2.24) is 9.55 Å². The summed E-state index contributed by atoms with van der Waals surface area (Å²) < 4.78 is 7.28. The largest absolute Gasteiger partial charge is 0.495 e. The van der Waals surface area contributed by atoms with Crippen LogP contribution >= 0.6 is 0 Å². The van der Waals surface area contributed by atoms with E-state index in [0.29, 0.717) is 11.4 Å². The van der Waals surface area contributed by atoms with Gasteiger partial charge < -0.3 is 19.5 Å². The highest BCUT2D eigenvalue weighted by Gasteiger charge is 2.21. The lowest BCUT2D eigenvalue weighted by Gasteiger charge is -2.18. The second-order valence-corrected chi connectivity index (χ2v) is 4.96. The summed E-state index contributed by atoms with van der Waals surface area (Å²) in [6.45, 7) is 1.79. The van der Waals surface area contributed by atoms with Crippen molar-refractivity contribution in [2.24, 2.45) is 0 Å². The second-order valence-electron chi connectivity index (χ2n) is 4.96. The van der Waals surface area contributed by atoms with Crippen molar-refractivity contribution in [3.8, 4) is 5.75 Å². The number of carbonyl (C=O) groups excluding carboxylic acids is 1. The molecule has 3 rings (SSSR count). The molecule has 0 aliphatic carbocycles. The Morgan fingerprint density at radius 2 is 2.24 bits per heavy atom. The number of carbonyl (C=O) groups is 1. The molecule has 0 bridgehead atoms. The predicted molar refractivity (Wildman–Crippen MR) is 81.1 cm³/mol. The molecule has 0 atom stereocenters. The number of fused-ring (bicyclic) bond motifs is 1. The molecule has 1 aliphatic heterocycles. The van der Waals surface area contributed by atoms with Gasteiger partial charge in [-0.2, -0.15) is 0 Å². The molecule has 1 aliphatic rings. The Morgan fingerprint density at radius 1 is 1.43 bits per heavy atom. The highest BCUT2D eigenvalue weighted by atomic mass is 16.5. The first kappa shape index (κ1) is 13.5. The van der Waals surface area contributed by atoms with Gasteiger partial charge in [0, 0.05) is 26.3 Å². The van der Waals surface area contributed by atoms with E-state index in [4.69, 9.17) is 4.74 Å². The SMILES string of the molecule is COc1ccccc1N(C)C(=O)c1cn2c(n1)NCCC2. The van der Waals surface area contributed by atoms with Crippen LogP contribution in [0.3, 0.4) is 0 Å². The number of anilines is 2. The van der Waals surface area contributed by atoms with E-state index in [2.05, 4.69) is 10.3 Å². The highest BCUT2D eigenvalue weighted by Crippen LogP contribution is 2.28. The molecule has 6 nitrogen and oxygen atoms in total. The van der Waals surface area contributed by atoms with E-state index < -0.39 is 0 Å². The number of hydrogen-bond donors (Lipinski definition) is 1. The van der Waals surface area contributed by atoms with Crippen molar-refractivity contribution in [1.29, 1.82) is 0 Å². The van der Waals surface area contributed by atoms with E-state index in [0.717, 1.165) is 31.1 Å². The number of nitrogens with one attached hydrogen (secondary N) is 1. The normalized spacial score (nSPS) is 13.2. The minimum atomic E-state index is -0.150. The number of aromatic nitrogens is 2. The Morgan fingerprint density at radius 3 is 3.00 bits per heavy atom. The van der Waals surface area contributed by atoms with Gasteiger partial charge in [0.05, 0.1) is 12.8 Å². The number of aryl methyl sites for hydroxylation is 1. The zero-order valence-electron chi connectivity index (χ0n) is 12.2. The number of para-hydroxylation sites is 2. The Kier molecular flexibility index (Phi) is 3.51. The molecule has 6 heteroatoms. The molecule has 110 valence electrons. The van der Waals surface area contributed by atoms with E-state index in [1.165, 1.54) is 0 Å². The maximum absolute atomic E-state index is 12.6. The maximum Gasteiger partial charge on any atom is 0.278 e. The zero-order valence-corrected chi connectivity index (χ0v) is 12.2. The lowest BCUT2D eigenvalue weighted by atomic mass is 10.2. The quantitative estimate of drug-likeness (QED) is 0.937. The molecule has 0 spiro atoms. The van der Waals surface area contributed by atoms with Crippen molar-refractivity contribution >= 4 is 17.5 Å². The third kappa shape index (κ3) is 2.44. The lowest BCUT2D eigenvalue weighted by Crippen LogP contribution is -2.27. The number of benzene rings is 1. The first-order chi connectivity index (χ1) is 10.2. The van der Waals surface area contributed by atoms with E-state index in [9.17, 15) is 4.79 Å². The van der Waals surface area contributed by atoms with Crippen LogP contribution in [0.2, 0.25) is 0 Å². The summed E-state index contributed by atoms with van der Waals surface area (Å²) in [5, 5.41) is 3.20. The van der Waals surface area contributed by atoms with Crippen molar-refractivity contribution < 1.29 is 9.53 Å². The van der Waals surface area contributed by atoms with Gasteiger partial charge in [0.1, 0.15) is 11.4 Å². The van der Waals surface area contributed by atoms with Gasteiger partial charge in [-0.25, -0.2) is 4.98 Å². The number of imidazole rings is 1. The van der Waals surface area contributed by atoms with Crippen LogP contribution in [0.5, 0.6) is 5.75 Å². The van der Waals surface area contributed by atoms with Gasteiger partial charge in [-0.15, -0.1) is 0 Å². The third-order valence-electron chi connectivity index (χ3n) is 3.61. The van der Waals surface area contributed by atoms with Crippen molar-refractivity contribution in [2.75, 3.05) is 30.9 Å². The molecular formula is C15H18N4O2. The van der Waals surface area contributed by atoms with Gasteiger partial charge in [-0.3, -0.25) is 4.79 Å². The van der Waals surface area contributed by atoms with Gasteiger partial charge in [-0.05, 0) is 18.6 Å². The lowest BCUT2D eigenvalue weighted by molar-refractivity contribution is 0.0988. The summed E-state index contributed by atoms with van der Waals surface area (Å²) in [7, 11) is 3.32. The molecule has 1 amide bonds. The Balaban J connectivity index is 1.89. The number of ether oxygens (including phenoxy) is 1. The van der Waals surface area contributed by atoms with Crippen LogP contribution in [0.15, 0.2) is 30.5 Å². The standard InChI is InChI=1S/C15H18N4O2/c1-18(12-6-3-4-7-13(12)21-2)14(20)11-10-19-9-5-8-16-15(19)17-11/h3-4,6-7,10H,5,8-9H2,1-2H3,(H,16,17). The minimum absolute atomic E-state index is 0.150. The van der Waals surface area contributed by atoms with Crippen LogP contribution in [-0.2, 0) is 6.54 Å². The van der Waals surface area contributed by atoms with Crippen molar-refractivity contribution in [3.63, 3.8) is 0 Å². The van der Waals surface area contributed by atoms with E-state index in [1.54, 1.807) is 25.3 Å². The first-order valence-electron chi connectivity index (χ1n) is 6.93. The van der Waals surface area contributed by atoms with Crippen LogP contribution in [0.4, 0.5) is 11.6 Å². The van der Waals surface area contributed by atoms with Crippen LogP contribution in [0, 0.1) is 0 Å². The molecule has 0 fully saturated rings. The summed E-state index contributed by atoms with van der Waals surface area (Å²) >= 11 is 0. The summed E-state index contributed by atoms with van der Waals surface area (Å²) in [6, 6.07) is 7.44. The Bertz CT molecular complexity index is 642. The number of rotatable bonds is 3. The number of nitrogens with zero attached hydrogens (tertiary/aromatic N) is 3. The summed E-state index contributed by atoms with van der Waals surface area (Å²) in [5.41, 5.74) is 1.16. The first-order valence-corrected chi connectivity index (χ1v) is 6.93. The molecule has 1 aromatic carbocycles. The maximum atomic E-state index is 12.6. The minimum Gasteiger partial charge on any atom is -0.495 e. The molecule has 0 radical (unpaired) electrons. The van der Waals surface area contributed by atoms with Gasteiger partial charge in [0.15, 0.2) is 0 Å². The predicted octanol–water partition coefficient (Wildman–Crippen LogP) is 1.98. The van der Waals surface area contributed by atoms with E-state index in [-0.39, 0.29) is 5.91 Å². The molecule has 21 heavy (non-hydrogen) atoms. The van der Waals surface area contributed by atoms with Gasteiger partial charge in [-0.1, -0.05) is 12.1 Å².